The second-order valence-corrected chi connectivity index (χ2v) is 4.53. The van der Waals surface area contributed by atoms with Crippen LogP contribution >= 0.6 is 0 Å². The number of hydrogen-bond acceptors (Lipinski definition) is 0. The summed E-state index contributed by atoms with van der Waals surface area (Å²) in [6.45, 7) is 17.8. The predicted octanol–water partition coefficient (Wildman–Crippen LogP) is 4.27. The maximum atomic E-state index is 4.12. The Morgan fingerprint density at radius 3 is 1.83 bits per heavy atom. The number of rotatable bonds is 4. The molecule has 0 nitrogen and oxygen atoms in total. The van der Waals surface area contributed by atoms with Gasteiger partial charge in [-0.2, -0.15) is 0 Å². The van der Waals surface area contributed by atoms with Crippen LogP contribution in [-0.4, -0.2) is 0 Å². The van der Waals surface area contributed by atoms with Gasteiger partial charge in [-0.25, -0.2) is 0 Å². The molecular weight excluding hydrogens is 144 g/mol. The smallest absolute Gasteiger partial charge is 0.00733 e. The van der Waals surface area contributed by atoms with Gasteiger partial charge >= 0.3 is 0 Å². The highest BCUT2D eigenvalue weighted by atomic mass is 14.4. The normalized spacial score (nSPS) is 18.9. The predicted molar refractivity (Wildman–Crippen MR) is 57.2 cm³/mol. The molecule has 2 unspecified atom stereocenters. The van der Waals surface area contributed by atoms with Gasteiger partial charge in [-0.1, -0.05) is 53.2 Å². The zero-order chi connectivity index (χ0) is 9.94. The molecule has 0 aromatic carbocycles. The lowest BCUT2D eigenvalue weighted by atomic mass is 9.65. The van der Waals surface area contributed by atoms with Gasteiger partial charge in [-0.05, 0) is 24.2 Å². The molecule has 0 rings (SSSR count). The molecular formula is C12H24. The molecule has 0 saturated heterocycles. The molecule has 0 fully saturated rings. The number of allylic oxidation sites excluding steroid dienone is 1. The van der Waals surface area contributed by atoms with Crippen LogP contribution in [0.2, 0.25) is 0 Å². The minimum atomic E-state index is 0.314. The third-order valence-electron chi connectivity index (χ3n) is 3.76. The highest BCUT2D eigenvalue weighted by Gasteiger charge is 2.33. The molecule has 0 heterocycles. The molecule has 0 saturated carbocycles. The van der Waals surface area contributed by atoms with Crippen molar-refractivity contribution in [3.05, 3.63) is 12.2 Å². The van der Waals surface area contributed by atoms with Crippen molar-refractivity contribution in [1.82, 2.24) is 0 Å². The second kappa shape index (κ2) is 4.11. The first kappa shape index (κ1) is 11.7. The first-order valence-corrected chi connectivity index (χ1v) is 5.03. The van der Waals surface area contributed by atoms with Gasteiger partial charge in [0.25, 0.3) is 0 Å². The van der Waals surface area contributed by atoms with Gasteiger partial charge in [0.05, 0.1) is 0 Å². The molecule has 2 atom stereocenters. The molecule has 0 aliphatic carbocycles. The first-order valence-electron chi connectivity index (χ1n) is 5.03. The molecule has 0 aliphatic rings. The Morgan fingerprint density at radius 2 is 1.75 bits per heavy atom. The molecule has 72 valence electrons. The van der Waals surface area contributed by atoms with Crippen LogP contribution in [0.3, 0.4) is 0 Å². The van der Waals surface area contributed by atoms with E-state index >= 15 is 0 Å². The van der Waals surface area contributed by atoms with Crippen molar-refractivity contribution in [3.63, 3.8) is 0 Å². The van der Waals surface area contributed by atoms with Crippen LogP contribution in [0.4, 0.5) is 0 Å². The highest BCUT2D eigenvalue weighted by Crippen LogP contribution is 2.42. The van der Waals surface area contributed by atoms with Crippen LogP contribution in [-0.2, 0) is 0 Å². The summed E-state index contributed by atoms with van der Waals surface area (Å²) < 4.78 is 0. The lowest BCUT2D eigenvalue weighted by Crippen LogP contribution is -2.31. The van der Waals surface area contributed by atoms with Crippen molar-refractivity contribution in [3.8, 4) is 0 Å². The van der Waals surface area contributed by atoms with E-state index in [2.05, 4.69) is 48.1 Å². The Bertz CT molecular complexity index is 155. The summed E-state index contributed by atoms with van der Waals surface area (Å²) in [5.41, 5.74) is 1.64. The second-order valence-electron chi connectivity index (χ2n) is 4.53. The summed E-state index contributed by atoms with van der Waals surface area (Å²) in [5.74, 6) is 1.42. The maximum Gasteiger partial charge on any atom is -0.00733 e. The molecule has 0 amide bonds. The Hall–Kier alpha value is -0.260. The quantitative estimate of drug-likeness (QED) is 0.550. The molecule has 0 aromatic heterocycles. The van der Waals surface area contributed by atoms with Crippen molar-refractivity contribution >= 4 is 0 Å². The Kier molecular flexibility index (Phi) is 4.02. The monoisotopic (exact) mass is 168 g/mol. The van der Waals surface area contributed by atoms with Crippen molar-refractivity contribution < 1.29 is 0 Å². The lowest BCUT2D eigenvalue weighted by Gasteiger charge is -2.40. The van der Waals surface area contributed by atoms with Gasteiger partial charge in [-0.15, -0.1) is 0 Å². The van der Waals surface area contributed by atoms with Crippen LogP contribution in [0.5, 0.6) is 0 Å². The van der Waals surface area contributed by atoms with E-state index in [-0.39, 0.29) is 0 Å². The Morgan fingerprint density at radius 1 is 1.33 bits per heavy atom. The summed E-state index contributed by atoms with van der Waals surface area (Å²) in [5, 5.41) is 0. The molecule has 0 radical (unpaired) electrons. The van der Waals surface area contributed by atoms with E-state index in [1.165, 1.54) is 12.0 Å². The van der Waals surface area contributed by atoms with Gasteiger partial charge in [0.15, 0.2) is 0 Å². The third kappa shape index (κ3) is 1.91. The van der Waals surface area contributed by atoms with E-state index in [1.54, 1.807) is 0 Å². The summed E-state index contributed by atoms with van der Waals surface area (Å²) in [4.78, 5) is 0. The van der Waals surface area contributed by atoms with E-state index in [4.69, 9.17) is 0 Å². The van der Waals surface area contributed by atoms with Gasteiger partial charge in [0.2, 0.25) is 0 Å². The zero-order valence-electron chi connectivity index (χ0n) is 9.57. The average molecular weight is 168 g/mol. The fraction of sp³-hybridized carbons (Fsp3) is 0.833. The molecule has 0 aromatic rings. The van der Waals surface area contributed by atoms with Crippen LogP contribution in [0, 0.1) is 17.3 Å². The lowest BCUT2D eigenvalue weighted by molar-refractivity contribution is 0.170. The molecule has 0 heteroatoms. The first-order chi connectivity index (χ1) is 5.37. The Balaban J connectivity index is 4.74. The molecule has 0 aliphatic heterocycles. The van der Waals surface area contributed by atoms with Gasteiger partial charge < -0.3 is 0 Å². The van der Waals surface area contributed by atoms with Crippen molar-refractivity contribution in [2.24, 2.45) is 17.3 Å². The van der Waals surface area contributed by atoms with E-state index in [1.807, 2.05) is 0 Å². The van der Waals surface area contributed by atoms with Crippen LogP contribution < -0.4 is 0 Å². The minimum Gasteiger partial charge on any atom is -0.0996 e. The zero-order valence-corrected chi connectivity index (χ0v) is 9.57. The summed E-state index contributed by atoms with van der Waals surface area (Å²) in [6, 6.07) is 0. The van der Waals surface area contributed by atoms with E-state index in [9.17, 15) is 0 Å². The van der Waals surface area contributed by atoms with Gasteiger partial charge in [-0.3, -0.25) is 0 Å². The fourth-order valence-electron chi connectivity index (χ4n) is 1.91. The molecule has 0 spiro atoms. The minimum absolute atomic E-state index is 0.314. The van der Waals surface area contributed by atoms with E-state index in [0.29, 0.717) is 11.3 Å². The molecule has 12 heavy (non-hydrogen) atoms. The highest BCUT2D eigenvalue weighted by molar-refractivity contribution is 5.08. The van der Waals surface area contributed by atoms with Crippen LogP contribution in [0.25, 0.3) is 0 Å². The third-order valence-corrected chi connectivity index (χ3v) is 3.76. The topological polar surface area (TPSA) is 0 Å². The van der Waals surface area contributed by atoms with E-state index in [0.717, 1.165) is 5.92 Å². The summed E-state index contributed by atoms with van der Waals surface area (Å²) in [7, 11) is 0. The summed E-state index contributed by atoms with van der Waals surface area (Å²) in [6.07, 6.45) is 1.24. The van der Waals surface area contributed by atoms with E-state index < -0.39 is 0 Å². The standard InChI is InChI=1S/C12H24/c1-8-11(6)12(7,9(2)3)10(4)5/h10-11H,2,8H2,1,3-7H3. The molecule has 0 bridgehead atoms. The van der Waals surface area contributed by atoms with Gasteiger partial charge in [0, 0.05) is 0 Å². The summed E-state index contributed by atoms with van der Waals surface area (Å²) >= 11 is 0. The number of hydrogen-bond donors (Lipinski definition) is 0. The van der Waals surface area contributed by atoms with Crippen molar-refractivity contribution in [2.75, 3.05) is 0 Å². The fourth-order valence-corrected chi connectivity index (χ4v) is 1.91. The average Bonchev–Trinajstić information content (AvgIpc) is 2.00. The van der Waals surface area contributed by atoms with Crippen LogP contribution in [0.15, 0.2) is 12.2 Å². The SMILES string of the molecule is C=C(C)C(C)(C(C)C)C(C)CC. The van der Waals surface area contributed by atoms with Crippen LogP contribution in [0.1, 0.15) is 48.0 Å². The largest absolute Gasteiger partial charge is 0.0996 e. The van der Waals surface area contributed by atoms with Crippen molar-refractivity contribution in [2.45, 2.75) is 48.0 Å². The van der Waals surface area contributed by atoms with Crippen molar-refractivity contribution in [1.29, 1.82) is 0 Å². The maximum absolute atomic E-state index is 4.12. The van der Waals surface area contributed by atoms with Gasteiger partial charge in [0.1, 0.15) is 0 Å². The molecule has 0 N–H and O–H groups in total. The Labute approximate surface area is 78.1 Å².